The fourth-order valence-electron chi connectivity index (χ4n) is 6.27. The van der Waals surface area contributed by atoms with Gasteiger partial charge >= 0.3 is 6.18 Å². The molecule has 0 spiro atoms. The van der Waals surface area contributed by atoms with Crippen LogP contribution in [0.1, 0.15) is 81.6 Å². The van der Waals surface area contributed by atoms with Crippen molar-refractivity contribution in [2.75, 3.05) is 11.9 Å². The van der Waals surface area contributed by atoms with Crippen molar-refractivity contribution in [3.05, 3.63) is 76.4 Å². The Morgan fingerprint density at radius 2 is 2.03 bits per heavy atom. The van der Waals surface area contributed by atoms with E-state index in [1.165, 1.54) is 4.90 Å². The molecule has 0 radical (unpaired) electrons. The van der Waals surface area contributed by atoms with Crippen molar-refractivity contribution in [1.82, 2.24) is 20.1 Å². The number of anilines is 1. The number of nitrogens with zero attached hydrogens (tertiary/aromatic N) is 4. The molecule has 2 saturated carbocycles. The van der Waals surface area contributed by atoms with Crippen LogP contribution in [0.4, 0.5) is 18.9 Å². The van der Waals surface area contributed by atoms with Gasteiger partial charge in [-0.2, -0.15) is 13.2 Å². The average molecular weight is 543 g/mol. The number of ether oxygens (including phenoxy) is 1. The van der Waals surface area contributed by atoms with E-state index in [2.05, 4.69) is 22.4 Å². The summed E-state index contributed by atoms with van der Waals surface area (Å²) < 4.78 is 72.2. The summed E-state index contributed by atoms with van der Waals surface area (Å²) >= 11 is 0. The van der Waals surface area contributed by atoms with E-state index in [1.54, 1.807) is 42.2 Å². The molecule has 2 aromatic carbocycles. The van der Waals surface area contributed by atoms with Crippen molar-refractivity contribution < 1.29 is 26.8 Å². The SMILES string of the molecule is [2H]C([2H])([2H])OC1CC(c2cccc(N3Cc4c(cc(CNC5(C)CCC5)cc4C(F)(F)F)C3=O)c2)(c2nncn2C)C1. The zero-order valence-corrected chi connectivity index (χ0v) is 21.8. The Morgan fingerprint density at radius 3 is 2.67 bits per heavy atom. The molecule has 10 heteroatoms. The van der Waals surface area contributed by atoms with Gasteiger partial charge in [0.05, 0.1) is 27.7 Å². The summed E-state index contributed by atoms with van der Waals surface area (Å²) in [6.07, 6.45) is 0.0515. The normalized spacial score (nSPS) is 25.4. The molecule has 3 aliphatic rings. The van der Waals surface area contributed by atoms with Crippen molar-refractivity contribution in [1.29, 1.82) is 0 Å². The van der Waals surface area contributed by atoms with E-state index >= 15 is 0 Å². The van der Waals surface area contributed by atoms with Crippen LogP contribution in [0, 0.1) is 0 Å². The second-order valence-corrected chi connectivity index (χ2v) is 11.4. The molecule has 1 aromatic heterocycles. The third kappa shape index (κ3) is 4.34. The highest BCUT2D eigenvalue weighted by Gasteiger charge is 2.50. The van der Waals surface area contributed by atoms with Crippen LogP contribution in [0.25, 0.3) is 0 Å². The van der Waals surface area contributed by atoms with E-state index < -0.39 is 36.2 Å². The van der Waals surface area contributed by atoms with Crippen molar-refractivity contribution in [3.63, 3.8) is 0 Å². The zero-order valence-electron chi connectivity index (χ0n) is 24.8. The molecule has 0 bridgehead atoms. The van der Waals surface area contributed by atoms with Gasteiger partial charge in [-0.3, -0.25) is 4.79 Å². The van der Waals surface area contributed by atoms with Gasteiger partial charge < -0.3 is 19.5 Å². The Morgan fingerprint density at radius 1 is 1.23 bits per heavy atom. The predicted molar refractivity (Wildman–Crippen MR) is 139 cm³/mol. The largest absolute Gasteiger partial charge is 0.416 e. The number of amides is 1. The summed E-state index contributed by atoms with van der Waals surface area (Å²) in [6.45, 7) is 2.09. The number of nitrogens with one attached hydrogen (secondary N) is 1. The highest BCUT2D eigenvalue weighted by Crippen LogP contribution is 2.50. The lowest BCUT2D eigenvalue weighted by Gasteiger charge is -2.46. The first-order chi connectivity index (χ1) is 19.7. The predicted octanol–water partition coefficient (Wildman–Crippen LogP) is 5.12. The van der Waals surface area contributed by atoms with Crippen LogP contribution in [0.15, 0.2) is 42.7 Å². The van der Waals surface area contributed by atoms with Crippen molar-refractivity contribution >= 4 is 11.6 Å². The number of hydrogen-bond acceptors (Lipinski definition) is 5. The molecule has 2 heterocycles. The first-order valence-corrected chi connectivity index (χ1v) is 13.1. The van der Waals surface area contributed by atoms with Gasteiger partial charge in [-0.1, -0.05) is 12.1 Å². The molecule has 3 aromatic rings. The third-order valence-corrected chi connectivity index (χ3v) is 8.75. The molecule has 6 rings (SSSR count). The van der Waals surface area contributed by atoms with Gasteiger partial charge in [-0.05, 0) is 80.0 Å². The van der Waals surface area contributed by atoms with Crippen molar-refractivity contribution in [2.24, 2.45) is 7.05 Å². The van der Waals surface area contributed by atoms with E-state index in [-0.39, 0.29) is 29.8 Å². The highest BCUT2D eigenvalue weighted by molar-refractivity contribution is 6.10. The number of aromatic nitrogens is 3. The second kappa shape index (κ2) is 9.16. The van der Waals surface area contributed by atoms with Crippen LogP contribution in [0.2, 0.25) is 0 Å². The molecule has 39 heavy (non-hydrogen) atoms. The quantitative estimate of drug-likeness (QED) is 0.449. The number of methoxy groups -OCH3 is 1. The van der Waals surface area contributed by atoms with Crippen LogP contribution in [0.5, 0.6) is 0 Å². The van der Waals surface area contributed by atoms with Gasteiger partial charge in [-0.25, -0.2) is 0 Å². The van der Waals surface area contributed by atoms with Gasteiger partial charge in [0.15, 0.2) is 0 Å². The van der Waals surface area contributed by atoms with E-state index in [0.717, 1.165) is 30.9 Å². The Hall–Kier alpha value is -3.24. The highest BCUT2D eigenvalue weighted by atomic mass is 19.4. The number of fused-ring (bicyclic) bond motifs is 1. The van der Waals surface area contributed by atoms with Gasteiger partial charge in [-0.15, -0.1) is 10.2 Å². The smallest absolute Gasteiger partial charge is 0.381 e. The number of carbonyl (C=O) groups is 1. The summed E-state index contributed by atoms with van der Waals surface area (Å²) in [4.78, 5) is 15.0. The minimum absolute atomic E-state index is 0.0330. The summed E-state index contributed by atoms with van der Waals surface area (Å²) in [7, 11) is -0.761. The van der Waals surface area contributed by atoms with Crippen molar-refractivity contribution in [3.8, 4) is 0 Å². The van der Waals surface area contributed by atoms with Crippen LogP contribution in [0.3, 0.4) is 0 Å². The Kier molecular flexibility index (Phi) is 5.30. The number of alkyl halides is 3. The molecule has 1 aliphatic heterocycles. The fraction of sp³-hybridized carbons (Fsp3) is 0.483. The van der Waals surface area contributed by atoms with Crippen LogP contribution in [-0.4, -0.2) is 39.4 Å². The Bertz CT molecular complexity index is 1530. The lowest BCUT2D eigenvalue weighted by Crippen LogP contribution is -2.48. The van der Waals surface area contributed by atoms with Crippen LogP contribution >= 0.6 is 0 Å². The van der Waals surface area contributed by atoms with Gasteiger partial charge in [0.25, 0.3) is 5.91 Å². The van der Waals surface area contributed by atoms with Crippen LogP contribution in [-0.2, 0) is 36.5 Å². The van der Waals surface area contributed by atoms with E-state index in [4.69, 9.17) is 8.85 Å². The summed E-state index contributed by atoms with van der Waals surface area (Å²) in [6, 6.07) is 9.80. The number of halogens is 3. The molecule has 7 nitrogen and oxygen atoms in total. The van der Waals surface area contributed by atoms with E-state index in [1.807, 2.05) is 6.07 Å². The summed E-state index contributed by atoms with van der Waals surface area (Å²) in [5.41, 5.74) is 0.0288. The maximum atomic E-state index is 14.2. The first kappa shape index (κ1) is 22.6. The molecular weight excluding hydrogens is 507 g/mol. The number of carbonyl (C=O) groups excluding carboxylic acids is 1. The molecule has 0 saturated heterocycles. The van der Waals surface area contributed by atoms with Crippen LogP contribution < -0.4 is 10.2 Å². The van der Waals surface area contributed by atoms with Gasteiger partial charge in [0, 0.05) is 37.4 Å². The number of rotatable bonds is 7. The molecular formula is C29H32F3N5O2. The minimum Gasteiger partial charge on any atom is -0.381 e. The van der Waals surface area contributed by atoms with Crippen molar-refractivity contribution in [2.45, 2.75) is 75.4 Å². The molecule has 2 fully saturated rings. The summed E-state index contributed by atoms with van der Waals surface area (Å²) in [5.74, 6) is 0.118. The molecule has 1 amide bonds. The fourth-order valence-corrected chi connectivity index (χ4v) is 6.27. The average Bonchev–Trinajstić information content (AvgIpc) is 3.45. The first-order valence-electron chi connectivity index (χ1n) is 14.6. The second-order valence-electron chi connectivity index (χ2n) is 11.4. The third-order valence-electron chi connectivity index (χ3n) is 8.75. The Labute approximate surface area is 229 Å². The molecule has 206 valence electrons. The zero-order chi connectivity index (χ0) is 30.1. The van der Waals surface area contributed by atoms with E-state index in [0.29, 0.717) is 29.9 Å². The monoisotopic (exact) mass is 542 g/mol. The van der Waals surface area contributed by atoms with Gasteiger partial charge in [0.2, 0.25) is 0 Å². The van der Waals surface area contributed by atoms with E-state index in [9.17, 15) is 18.0 Å². The summed E-state index contributed by atoms with van der Waals surface area (Å²) in [5, 5.41) is 11.7. The minimum atomic E-state index is -4.61. The Balaban J connectivity index is 1.32. The lowest BCUT2D eigenvalue weighted by molar-refractivity contribution is -0.138. The lowest BCUT2D eigenvalue weighted by atomic mass is 9.62. The number of aryl methyl sites for hydroxylation is 1. The number of benzene rings is 2. The molecule has 0 unspecified atom stereocenters. The molecule has 2 aliphatic carbocycles. The molecule has 0 atom stereocenters. The molecule has 1 N–H and O–H groups in total. The topological polar surface area (TPSA) is 72.3 Å². The maximum absolute atomic E-state index is 14.2. The standard InChI is InChI=1S/C29H32F3N5O2/c1-27(8-5-9-27)33-15-18-10-22-23(24(11-18)29(30,31)32)16-37(25(22)38)20-7-4-6-19(12-20)28(13-21(14-28)39-3)26-35-34-17-36(26)2/h4,6-7,10-12,17,21,33H,5,8-9,13-16H2,1-3H3/i3D3. The maximum Gasteiger partial charge on any atom is 0.416 e. The number of hydrogen-bond donors (Lipinski definition) is 1. The van der Waals surface area contributed by atoms with Gasteiger partial charge in [0.1, 0.15) is 12.2 Å².